The van der Waals surface area contributed by atoms with Gasteiger partial charge in [0.1, 0.15) is 0 Å². The van der Waals surface area contributed by atoms with Gasteiger partial charge in [0.2, 0.25) is 0 Å². The number of carbonyl (C=O) groups is 1. The van der Waals surface area contributed by atoms with Crippen LogP contribution in [0.4, 0.5) is 0 Å². The Bertz CT molecular complexity index is 547. The minimum Gasteiger partial charge on any atom is -0.352 e. The molecule has 7 heteroatoms. The number of hydrogen-bond donors (Lipinski definition) is 2. The van der Waals surface area contributed by atoms with Crippen LogP contribution in [-0.4, -0.2) is 40.2 Å². The second-order valence-corrected chi connectivity index (χ2v) is 6.61. The zero-order valence-corrected chi connectivity index (χ0v) is 14.0. The molecule has 0 radical (unpaired) electrons. The van der Waals surface area contributed by atoms with Crippen LogP contribution in [0.25, 0.3) is 0 Å². The van der Waals surface area contributed by atoms with Gasteiger partial charge in [-0.2, -0.15) is 0 Å². The topological polar surface area (TPSA) is 75.3 Å². The molecular formula is C14H23ClN2O3S. The Kier molecular flexibility index (Phi) is 9.24. The van der Waals surface area contributed by atoms with E-state index in [1.165, 1.54) is 6.07 Å². The van der Waals surface area contributed by atoms with E-state index >= 15 is 0 Å². The van der Waals surface area contributed by atoms with E-state index in [0.29, 0.717) is 13.0 Å². The predicted molar refractivity (Wildman–Crippen MR) is 86.9 cm³/mol. The minimum absolute atomic E-state index is 0. The molecule has 0 heterocycles. The summed E-state index contributed by atoms with van der Waals surface area (Å²) in [6.45, 7) is 3.12. The molecule has 1 rings (SSSR count). The van der Waals surface area contributed by atoms with Gasteiger partial charge in [-0.3, -0.25) is 4.79 Å². The second kappa shape index (κ2) is 9.76. The Hall–Kier alpha value is -1.11. The molecule has 120 valence electrons. The lowest BCUT2D eigenvalue weighted by Gasteiger charge is -2.10. The zero-order chi connectivity index (χ0) is 15.0. The molecule has 0 bridgehead atoms. The number of hydrogen-bond acceptors (Lipinski definition) is 4. The van der Waals surface area contributed by atoms with Crippen molar-refractivity contribution < 1.29 is 13.2 Å². The van der Waals surface area contributed by atoms with Crippen LogP contribution in [0.5, 0.6) is 0 Å². The molecule has 0 saturated carbocycles. The molecule has 1 aromatic carbocycles. The van der Waals surface area contributed by atoms with Crippen LogP contribution in [0.1, 0.15) is 30.1 Å². The van der Waals surface area contributed by atoms with Crippen LogP contribution in [0, 0.1) is 0 Å². The summed E-state index contributed by atoms with van der Waals surface area (Å²) in [7, 11) is -1.55. The fourth-order valence-electron chi connectivity index (χ4n) is 1.87. The Morgan fingerprint density at radius 3 is 2.48 bits per heavy atom. The smallest absolute Gasteiger partial charge is 0.252 e. The van der Waals surface area contributed by atoms with E-state index in [1.54, 1.807) is 25.1 Å². The molecule has 2 N–H and O–H groups in total. The molecule has 5 nitrogen and oxygen atoms in total. The Morgan fingerprint density at radius 1 is 1.19 bits per heavy atom. The normalized spacial score (nSPS) is 10.8. The SMILES string of the molecule is CCCS(=O)(=O)c1ccccc1C(=O)NCCCNC.Cl. The van der Waals surface area contributed by atoms with Crippen LogP contribution in [-0.2, 0) is 9.84 Å². The van der Waals surface area contributed by atoms with Crippen LogP contribution >= 0.6 is 12.4 Å². The monoisotopic (exact) mass is 334 g/mol. The van der Waals surface area contributed by atoms with Crippen molar-refractivity contribution in [2.75, 3.05) is 25.9 Å². The average molecular weight is 335 g/mol. The molecule has 0 aliphatic carbocycles. The molecule has 0 spiro atoms. The standard InChI is InChI=1S/C14H22N2O3S.ClH/c1-3-11-20(18,19)13-8-5-4-7-12(13)14(17)16-10-6-9-15-2;/h4-5,7-8,15H,3,6,9-11H2,1-2H3,(H,16,17);1H. The number of amides is 1. The van der Waals surface area contributed by atoms with E-state index in [0.717, 1.165) is 13.0 Å². The van der Waals surface area contributed by atoms with Gasteiger partial charge < -0.3 is 10.6 Å². The highest BCUT2D eigenvalue weighted by molar-refractivity contribution is 7.91. The molecule has 0 aliphatic heterocycles. The van der Waals surface area contributed by atoms with Crippen molar-refractivity contribution in [2.45, 2.75) is 24.7 Å². The third kappa shape index (κ3) is 6.03. The molecule has 0 atom stereocenters. The Labute approximate surface area is 132 Å². The molecule has 0 aliphatic rings. The second-order valence-electron chi connectivity index (χ2n) is 4.53. The van der Waals surface area contributed by atoms with Gasteiger partial charge in [-0.05, 0) is 38.6 Å². The highest BCUT2D eigenvalue weighted by atomic mass is 35.5. The lowest BCUT2D eigenvalue weighted by atomic mass is 10.2. The van der Waals surface area contributed by atoms with Crippen molar-refractivity contribution in [1.82, 2.24) is 10.6 Å². The Morgan fingerprint density at radius 2 is 1.86 bits per heavy atom. The van der Waals surface area contributed by atoms with Gasteiger partial charge in [-0.15, -0.1) is 12.4 Å². The van der Waals surface area contributed by atoms with Crippen LogP contribution in [0.2, 0.25) is 0 Å². The fourth-order valence-corrected chi connectivity index (χ4v) is 3.41. The number of halogens is 1. The maximum absolute atomic E-state index is 12.1. The first kappa shape index (κ1) is 19.9. The summed E-state index contributed by atoms with van der Waals surface area (Å²) in [5, 5.41) is 5.73. The maximum Gasteiger partial charge on any atom is 0.252 e. The van der Waals surface area contributed by atoms with Gasteiger partial charge in [-0.25, -0.2) is 8.42 Å². The van der Waals surface area contributed by atoms with Crippen LogP contribution in [0.3, 0.4) is 0 Å². The third-order valence-electron chi connectivity index (χ3n) is 2.83. The number of benzene rings is 1. The summed E-state index contributed by atoms with van der Waals surface area (Å²) in [4.78, 5) is 12.2. The molecule has 0 saturated heterocycles. The molecule has 21 heavy (non-hydrogen) atoms. The fraction of sp³-hybridized carbons (Fsp3) is 0.500. The summed E-state index contributed by atoms with van der Waals surface area (Å²) in [5.41, 5.74) is 0.227. The van der Waals surface area contributed by atoms with Crippen molar-refractivity contribution in [2.24, 2.45) is 0 Å². The van der Waals surface area contributed by atoms with E-state index in [1.807, 2.05) is 7.05 Å². The van der Waals surface area contributed by atoms with Crippen molar-refractivity contribution in [3.05, 3.63) is 29.8 Å². The van der Waals surface area contributed by atoms with E-state index in [9.17, 15) is 13.2 Å². The van der Waals surface area contributed by atoms with Gasteiger partial charge in [0.25, 0.3) is 5.91 Å². The lowest BCUT2D eigenvalue weighted by molar-refractivity contribution is 0.0950. The number of nitrogens with one attached hydrogen (secondary N) is 2. The average Bonchev–Trinajstić information content (AvgIpc) is 2.43. The van der Waals surface area contributed by atoms with Crippen molar-refractivity contribution in [3.8, 4) is 0 Å². The zero-order valence-electron chi connectivity index (χ0n) is 12.4. The highest BCUT2D eigenvalue weighted by Crippen LogP contribution is 2.17. The van der Waals surface area contributed by atoms with E-state index in [4.69, 9.17) is 0 Å². The summed E-state index contributed by atoms with van der Waals surface area (Å²) >= 11 is 0. The first-order valence-electron chi connectivity index (χ1n) is 6.77. The summed E-state index contributed by atoms with van der Waals surface area (Å²) in [6.07, 6.45) is 1.33. The van der Waals surface area contributed by atoms with Crippen LogP contribution < -0.4 is 10.6 Å². The summed E-state index contributed by atoms with van der Waals surface area (Å²) in [5.74, 6) is -0.284. The quantitative estimate of drug-likeness (QED) is 0.709. The first-order chi connectivity index (χ1) is 9.53. The molecule has 0 fully saturated rings. The number of rotatable bonds is 8. The van der Waals surface area contributed by atoms with E-state index in [-0.39, 0.29) is 34.5 Å². The highest BCUT2D eigenvalue weighted by Gasteiger charge is 2.20. The molecule has 1 amide bonds. The van der Waals surface area contributed by atoms with Crippen molar-refractivity contribution >= 4 is 28.2 Å². The van der Waals surface area contributed by atoms with E-state index in [2.05, 4.69) is 10.6 Å². The van der Waals surface area contributed by atoms with Crippen molar-refractivity contribution in [1.29, 1.82) is 0 Å². The minimum atomic E-state index is -3.39. The first-order valence-corrected chi connectivity index (χ1v) is 8.42. The van der Waals surface area contributed by atoms with E-state index < -0.39 is 9.84 Å². The van der Waals surface area contributed by atoms with Gasteiger partial charge >= 0.3 is 0 Å². The maximum atomic E-state index is 12.1. The number of sulfone groups is 1. The predicted octanol–water partition coefficient (Wildman–Crippen LogP) is 1.63. The van der Waals surface area contributed by atoms with Crippen LogP contribution in [0.15, 0.2) is 29.2 Å². The summed E-state index contributed by atoms with van der Waals surface area (Å²) < 4.78 is 24.3. The lowest BCUT2D eigenvalue weighted by Crippen LogP contribution is -2.28. The largest absolute Gasteiger partial charge is 0.352 e. The Balaban J connectivity index is 0.00000400. The molecule has 0 unspecified atom stereocenters. The molecule has 1 aromatic rings. The third-order valence-corrected chi connectivity index (χ3v) is 4.80. The van der Waals surface area contributed by atoms with Gasteiger partial charge in [0.15, 0.2) is 9.84 Å². The number of carbonyl (C=O) groups excluding carboxylic acids is 1. The van der Waals surface area contributed by atoms with Gasteiger partial charge in [0.05, 0.1) is 16.2 Å². The summed E-state index contributed by atoms with van der Waals surface area (Å²) in [6, 6.07) is 6.36. The van der Waals surface area contributed by atoms with Gasteiger partial charge in [-0.1, -0.05) is 19.1 Å². The van der Waals surface area contributed by atoms with Crippen molar-refractivity contribution in [3.63, 3.8) is 0 Å². The molecular weight excluding hydrogens is 312 g/mol. The van der Waals surface area contributed by atoms with Gasteiger partial charge in [0, 0.05) is 6.54 Å². The molecule has 0 aromatic heterocycles.